The van der Waals surface area contributed by atoms with Crippen LogP contribution in [0.4, 0.5) is 0 Å². The highest BCUT2D eigenvalue weighted by Crippen LogP contribution is 2.28. The van der Waals surface area contributed by atoms with Crippen LogP contribution in [0.5, 0.6) is 0 Å². The Kier molecular flexibility index (Phi) is 3.45. The predicted octanol–water partition coefficient (Wildman–Crippen LogP) is 2.74. The van der Waals surface area contributed by atoms with Gasteiger partial charge in [0.2, 0.25) is 0 Å². The van der Waals surface area contributed by atoms with E-state index in [1.807, 2.05) is 18.2 Å². The minimum absolute atomic E-state index is 0.185. The Hall–Kier alpha value is -1.89. The number of hydrogen-bond acceptors (Lipinski definition) is 3. The van der Waals surface area contributed by atoms with Crippen molar-refractivity contribution < 1.29 is 4.74 Å². The van der Waals surface area contributed by atoms with Gasteiger partial charge in [-0.05, 0) is 16.3 Å². The van der Waals surface area contributed by atoms with Crippen LogP contribution in [0.1, 0.15) is 11.6 Å². The number of rotatable bonds is 2. The average molecular weight is 252 g/mol. The van der Waals surface area contributed by atoms with Crippen molar-refractivity contribution in [2.75, 3.05) is 26.3 Å². The highest BCUT2D eigenvalue weighted by molar-refractivity contribution is 5.86. The monoisotopic (exact) mass is 252 g/mol. The summed E-state index contributed by atoms with van der Waals surface area (Å²) in [4.78, 5) is 2.20. The molecule has 3 nitrogen and oxygen atoms in total. The number of nitrogens with zero attached hydrogens (tertiary/aromatic N) is 2. The molecule has 1 fully saturated rings. The van der Waals surface area contributed by atoms with Crippen molar-refractivity contribution in [1.29, 1.82) is 5.26 Å². The first kappa shape index (κ1) is 12.2. The van der Waals surface area contributed by atoms with Gasteiger partial charge in [0, 0.05) is 13.1 Å². The molecule has 2 aromatic rings. The van der Waals surface area contributed by atoms with Gasteiger partial charge < -0.3 is 4.74 Å². The summed E-state index contributed by atoms with van der Waals surface area (Å²) in [5.74, 6) is 0. The lowest BCUT2D eigenvalue weighted by molar-refractivity contribution is 0.0268. The minimum Gasteiger partial charge on any atom is -0.379 e. The standard InChI is InChI=1S/C16H16N2O/c17-12-16(18-8-10-19-11-9-18)15-7-3-5-13-4-1-2-6-14(13)15/h1-7,16H,8-11H2. The van der Waals surface area contributed by atoms with Crippen LogP contribution in [0, 0.1) is 11.3 Å². The van der Waals surface area contributed by atoms with Crippen LogP contribution in [-0.2, 0) is 4.74 Å². The summed E-state index contributed by atoms with van der Waals surface area (Å²) in [7, 11) is 0. The Morgan fingerprint density at radius 2 is 1.79 bits per heavy atom. The van der Waals surface area contributed by atoms with Gasteiger partial charge in [0.05, 0.1) is 19.3 Å². The molecule has 0 radical (unpaired) electrons. The fraction of sp³-hybridized carbons (Fsp3) is 0.312. The molecule has 1 unspecified atom stereocenters. The zero-order valence-corrected chi connectivity index (χ0v) is 10.7. The van der Waals surface area contributed by atoms with Gasteiger partial charge in [0.25, 0.3) is 0 Å². The molecule has 19 heavy (non-hydrogen) atoms. The van der Waals surface area contributed by atoms with E-state index >= 15 is 0 Å². The fourth-order valence-corrected chi connectivity index (χ4v) is 2.67. The number of benzene rings is 2. The smallest absolute Gasteiger partial charge is 0.124 e. The highest BCUT2D eigenvalue weighted by Gasteiger charge is 2.23. The molecule has 96 valence electrons. The van der Waals surface area contributed by atoms with Crippen LogP contribution >= 0.6 is 0 Å². The van der Waals surface area contributed by atoms with Gasteiger partial charge in [-0.3, -0.25) is 4.90 Å². The van der Waals surface area contributed by atoms with Crippen LogP contribution in [0.25, 0.3) is 10.8 Å². The first-order valence-corrected chi connectivity index (χ1v) is 6.59. The fourth-order valence-electron chi connectivity index (χ4n) is 2.67. The lowest BCUT2D eigenvalue weighted by Gasteiger charge is -2.31. The molecule has 0 spiro atoms. The zero-order chi connectivity index (χ0) is 13.1. The van der Waals surface area contributed by atoms with E-state index < -0.39 is 0 Å². The second-order valence-electron chi connectivity index (χ2n) is 4.75. The van der Waals surface area contributed by atoms with Crippen LogP contribution in [-0.4, -0.2) is 31.2 Å². The lowest BCUT2D eigenvalue weighted by Crippen LogP contribution is -2.38. The molecule has 1 atom stereocenters. The Balaban J connectivity index is 2.04. The number of morpholine rings is 1. The van der Waals surface area contributed by atoms with Crippen LogP contribution in [0.15, 0.2) is 42.5 Å². The molecule has 0 aliphatic carbocycles. The predicted molar refractivity (Wildman–Crippen MR) is 74.7 cm³/mol. The van der Waals surface area contributed by atoms with Gasteiger partial charge in [0.1, 0.15) is 6.04 Å². The third-order valence-electron chi connectivity index (χ3n) is 3.65. The van der Waals surface area contributed by atoms with Crippen molar-refractivity contribution in [2.24, 2.45) is 0 Å². The van der Waals surface area contributed by atoms with E-state index in [1.54, 1.807) is 0 Å². The minimum atomic E-state index is -0.185. The molecule has 3 rings (SSSR count). The molecule has 1 aliphatic rings. The van der Waals surface area contributed by atoms with E-state index in [4.69, 9.17) is 4.74 Å². The number of ether oxygens (including phenoxy) is 1. The van der Waals surface area contributed by atoms with Gasteiger partial charge >= 0.3 is 0 Å². The molecule has 0 aromatic heterocycles. The maximum atomic E-state index is 9.56. The van der Waals surface area contributed by atoms with Crippen LogP contribution in [0.3, 0.4) is 0 Å². The summed E-state index contributed by atoms with van der Waals surface area (Å²) < 4.78 is 5.37. The Bertz CT molecular complexity index is 606. The first-order valence-electron chi connectivity index (χ1n) is 6.59. The van der Waals surface area contributed by atoms with Gasteiger partial charge in [0.15, 0.2) is 0 Å². The maximum Gasteiger partial charge on any atom is 0.124 e. The molecular weight excluding hydrogens is 236 g/mol. The van der Waals surface area contributed by atoms with E-state index in [-0.39, 0.29) is 6.04 Å². The zero-order valence-electron chi connectivity index (χ0n) is 10.7. The van der Waals surface area contributed by atoms with Crippen LogP contribution < -0.4 is 0 Å². The molecule has 3 heteroatoms. The quantitative estimate of drug-likeness (QED) is 0.824. The van der Waals surface area contributed by atoms with E-state index in [1.165, 1.54) is 10.8 Å². The van der Waals surface area contributed by atoms with Crippen molar-refractivity contribution in [2.45, 2.75) is 6.04 Å². The topological polar surface area (TPSA) is 36.3 Å². The maximum absolute atomic E-state index is 9.56. The summed E-state index contributed by atoms with van der Waals surface area (Å²) in [6, 6.07) is 16.7. The third kappa shape index (κ3) is 2.33. The number of hydrogen-bond donors (Lipinski definition) is 0. The first-order chi connectivity index (χ1) is 9.40. The van der Waals surface area contributed by atoms with Gasteiger partial charge in [-0.2, -0.15) is 5.26 Å². The summed E-state index contributed by atoms with van der Waals surface area (Å²) in [5, 5.41) is 11.9. The van der Waals surface area contributed by atoms with E-state index in [2.05, 4.69) is 35.2 Å². The van der Waals surface area contributed by atoms with Crippen molar-refractivity contribution >= 4 is 10.8 Å². The second-order valence-corrected chi connectivity index (χ2v) is 4.75. The molecule has 1 heterocycles. The van der Waals surface area contributed by atoms with Crippen molar-refractivity contribution in [3.63, 3.8) is 0 Å². The molecule has 0 saturated carbocycles. The summed E-state index contributed by atoms with van der Waals surface area (Å²) >= 11 is 0. The number of nitriles is 1. The Morgan fingerprint density at radius 1 is 1.05 bits per heavy atom. The Morgan fingerprint density at radius 3 is 2.58 bits per heavy atom. The number of fused-ring (bicyclic) bond motifs is 1. The molecule has 0 amide bonds. The third-order valence-corrected chi connectivity index (χ3v) is 3.65. The molecule has 2 aromatic carbocycles. The largest absolute Gasteiger partial charge is 0.379 e. The molecule has 0 bridgehead atoms. The molecular formula is C16H16N2O. The van der Waals surface area contributed by atoms with Gasteiger partial charge in [-0.25, -0.2) is 0 Å². The molecule has 0 N–H and O–H groups in total. The summed E-state index contributed by atoms with van der Waals surface area (Å²) in [5.41, 5.74) is 1.10. The molecule has 1 aliphatic heterocycles. The van der Waals surface area contributed by atoms with Crippen LogP contribution in [0.2, 0.25) is 0 Å². The van der Waals surface area contributed by atoms with E-state index in [0.29, 0.717) is 13.2 Å². The van der Waals surface area contributed by atoms with Crippen molar-refractivity contribution in [3.8, 4) is 6.07 Å². The Labute approximate surface area is 113 Å². The van der Waals surface area contributed by atoms with Crippen molar-refractivity contribution in [1.82, 2.24) is 4.90 Å². The lowest BCUT2D eigenvalue weighted by atomic mass is 9.98. The van der Waals surface area contributed by atoms with Gasteiger partial charge in [-0.15, -0.1) is 0 Å². The average Bonchev–Trinajstić information content (AvgIpc) is 2.49. The van der Waals surface area contributed by atoms with E-state index in [9.17, 15) is 5.26 Å². The van der Waals surface area contributed by atoms with E-state index in [0.717, 1.165) is 18.7 Å². The SMILES string of the molecule is N#CC(c1cccc2ccccc12)N1CCOCC1. The molecule has 1 saturated heterocycles. The second kappa shape index (κ2) is 5.40. The highest BCUT2D eigenvalue weighted by atomic mass is 16.5. The van der Waals surface area contributed by atoms with Gasteiger partial charge in [-0.1, -0.05) is 42.5 Å². The normalized spacial score (nSPS) is 18.1. The van der Waals surface area contributed by atoms with Crippen molar-refractivity contribution in [3.05, 3.63) is 48.0 Å². The summed E-state index contributed by atoms with van der Waals surface area (Å²) in [6.45, 7) is 3.06. The summed E-state index contributed by atoms with van der Waals surface area (Å²) in [6.07, 6.45) is 0.